The lowest BCUT2D eigenvalue weighted by Gasteiger charge is -2.13. The van der Waals surface area contributed by atoms with Crippen molar-refractivity contribution in [3.8, 4) is 45.3 Å². The second kappa shape index (κ2) is 11.9. The number of nitrogens with zero attached hydrogens (tertiary/aromatic N) is 3. The summed E-state index contributed by atoms with van der Waals surface area (Å²) in [5.74, 6) is 1.97. The predicted octanol–water partition coefficient (Wildman–Crippen LogP) is 13.5. The van der Waals surface area contributed by atoms with Gasteiger partial charge in [0.1, 0.15) is 0 Å². The van der Waals surface area contributed by atoms with Crippen LogP contribution in [0.4, 0.5) is 0 Å². The molecule has 0 saturated carbocycles. The van der Waals surface area contributed by atoms with Crippen molar-refractivity contribution in [3.63, 3.8) is 0 Å². The van der Waals surface area contributed by atoms with E-state index in [0.717, 1.165) is 22.3 Å². The number of rotatable bonds is 4. The summed E-state index contributed by atoms with van der Waals surface area (Å²) in [4.78, 5) is 15.7. The lowest BCUT2D eigenvalue weighted by molar-refractivity contribution is 1.08. The quantitative estimate of drug-likeness (QED) is 0.172. The minimum Gasteiger partial charge on any atom is -0.208 e. The maximum Gasteiger partial charge on any atom is 0.164 e. The minimum atomic E-state index is 0.648. The molecule has 0 radical (unpaired) electrons. The third kappa shape index (κ3) is 4.91. The summed E-state index contributed by atoms with van der Waals surface area (Å²) in [7, 11) is 0. The zero-order valence-electron chi connectivity index (χ0n) is 28.5. The molecule has 0 fully saturated rings. The van der Waals surface area contributed by atoms with Gasteiger partial charge in [-0.15, -0.1) is 11.3 Å². The Morgan fingerprint density at radius 2 is 0.849 bits per heavy atom. The van der Waals surface area contributed by atoms with Crippen LogP contribution in [0, 0.1) is 0 Å². The molecule has 2 heterocycles. The topological polar surface area (TPSA) is 38.7 Å². The Hall–Kier alpha value is -6.75. The fourth-order valence-corrected chi connectivity index (χ4v) is 9.20. The van der Waals surface area contributed by atoms with Gasteiger partial charge in [-0.2, -0.15) is 0 Å². The summed E-state index contributed by atoms with van der Waals surface area (Å²) >= 11 is 1.86. The van der Waals surface area contributed by atoms with Crippen LogP contribution in [-0.2, 0) is 0 Å². The summed E-state index contributed by atoms with van der Waals surface area (Å²) in [5.41, 5.74) is 5.24. The Labute approximate surface area is 309 Å². The van der Waals surface area contributed by atoms with E-state index in [1.807, 2.05) is 29.5 Å². The van der Waals surface area contributed by atoms with Crippen molar-refractivity contribution in [2.24, 2.45) is 0 Å². The maximum absolute atomic E-state index is 5.31. The molecule has 2 aromatic heterocycles. The first-order valence-corrected chi connectivity index (χ1v) is 18.7. The molecular formula is C49H29N3S. The largest absolute Gasteiger partial charge is 0.208 e. The van der Waals surface area contributed by atoms with Crippen molar-refractivity contribution in [3.05, 3.63) is 176 Å². The summed E-state index contributed by atoms with van der Waals surface area (Å²) < 4.78 is 2.51. The molecule has 53 heavy (non-hydrogen) atoms. The monoisotopic (exact) mass is 691 g/mol. The van der Waals surface area contributed by atoms with E-state index in [4.69, 9.17) is 15.0 Å². The summed E-state index contributed by atoms with van der Waals surface area (Å²) in [6.45, 7) is 0. The highest BCUT2D eigenvalue weighted by molar-refractivity contribution is 7.27. The molecule has 0 N–H and O–H groups in total. The van der Waals surface area contributed by atoms with E-state index in [2.05, 4.69) is 158 Å². The van der Waals surface area contributed by atoms with E-state index < -0.39 is 0 Å². The SMILES string of the molecule is c1ccc(-c2nc(-c3ccc(-c4ccc5ccccc5c4)cc3)nc(-c3cc4ccc5ccccc5c4c4sc5ccc6ccccc6c5c34)n2)cc1. The molecule has 0 aliphatic rings. The highest BCUT2D eigenvalue weighted by Crippen LogP contribution is 2.48. The van der Waals surface area contributed by atoms with Crippen LogP contribution in [0.3, 0.4) is 0 Å². The molecule has 11 aromatic rings. The standard InChI is InChI=1S/C49H29N3S/c1-2-13-34(14-3-1)47-50-48(35-22-18-31(19-23-35)37-24-20-30-10-4-5-15-36(30)28-37)52-49(51-47)41-29-38-25-21-32-11-6-8-16-39(32)43(38)46-45(41)44-40-17-9-7-12-33(40)26-27-42(44)53-46/h1-29H. The average molecular weight is 692 g/mol. The van der Waals surface area contributed by atoms with Crippen LogP contribution in [0.5, 0.6) is 0 Å². The number of hydrogen-bond acceptors (Lipinski definition) is 4. The first-order valence-electron chi connectivity index (χ1n) is 17.9. The smallest absolute Gasteiger partial charge is 0.164 e. The molecule has 11 rings (SSSR count). The zero-order valence-corrected chi connectivity index (χ0v) is 29.3. The van der Waals surface area contributed by atoms with Gasteiger partial charge in [-0.3, -0.25) is 0 Å². The van der Waals surface area contributed by atoms with Gasteiger partial charge in [-0.1, -0.05) is 158 Å². The van der Waals surface area contributed by atoms with Crippen molar-refractivity contribution >= 4 is 74.6 Å². The molecule has 0 amide bonds. The van der Waals surface area contributed by atoms with Gasteiger partial charge in [-0.25, -0.2) is 15.0 Å². The minimum absolute atomic E-state index is 0.648. The van der Waals surface area contributed by atoms with Gasteiger partial charge >= 0.3 is 0 Å². The van der Waals surface area contributed by atoms with Gasteiger partial charge in [0.2, 0.25) is 0 Å². The average Bonchev–Trinajstić information content (AvgIpc) is 3.64. The molecule has 9 aromatic carbocycles. The fraction of sp³-hybridized carbons (Fsp3) is 0. The maximum atomic E-state index is 5.31. The first kappa shape index (κ1) is 29.9. The third-order valence-corrected chi connectivity index (χ3v) is 11.6. The first-order chi connectivity index (χ1) is 26.2. The highest BCUT2D eigenvalue weighted by Gasteiger charge is 2.21. The fourth-order valence-electron chi connectivity index (χ4n) is 7.89. The van der Waals surface area contributed by atoms with Crippen molar-refractivity contribution in [1.82, 2.24) is 15.0 Å². The van der Waals surface area contributed by atoms with Gasteiger partial charge in [0.25, 0.3) is 0 Å². The van der Waals surface area contributed by atoms with E-state index in [-0.39, 0.29) is 0 Å². The van der Waals surface area contributed by atoms with Gasteiger partial charge in [-0.05, 0) is 67.0 Å². The number of hydrogen-bond donors (Lipinski definition) is 0. The van der Waals surface area contributed by atoms with Crippen molar-refractivity contribution in [2.75, 3.05) is 0 Å². The summed E-state index contributed by atoms with van der Waals surface area (Å²) in [6.07, 6.45) is 0. The van der Waals surface area contributed by atoms with Crippen LogP contribution in [-0.4, -0.2) is 15.0 Å². The van der Waals surface area contributed by atoms with Crippen LogP contribution in [0.25, 0.3) is 109 Å². The van der Waals surface area contributed by atoms with Crippen molar-refractivity contribution in [2.45, 2.75) is 0 Å². The number of thiophene rings is 1. The number of aromatic nitrogens is 3. The molecule has 4 heteroatoms. The Balaban J connectivity index is 1.18. The molecule has 0 aliphatic heterocycles. The van der Waals surface area contributed by atoms with Crippen LogP contribution < -0.4 is 0 Å². The van der Waals surface area contributed by atoms with Crippen LogP contribution >= 0.6 is 11.3 Å². The Morgan fingerprint density at radius 3 is 1.60 bits per heavy atom. The predicted molar refractivity (Wildman–Crippen MR) is 224 cm³/mol. The summed E-state index contributed by atoms with van der Waals surface area (Å²) in [6, 6.07) is 62.6. The molecule has 0 aliphatic carbocycles. The molecule has 0 unspecified atom stereocenters. The molecule has 0 bridgehead atoms. The summed E-state index contributed by atoms with van der Waals surface area (Å²) in [5, 5.41) is 12.3. The molecular weight excluding hydrogens is 663 g/mol. The molecule has 3 nitrogen and oxygen atoms in total. The Kier molecular flexibility index (Phi) is 6.73. The molecule has 0 atom stereocenters. The van der Waals surface area contributed by atoms with Crippen LogP contribution in [0.1, 0.15) is 0 Å². The van der Waals surface area contributed by atoms with Crippen LogP contribution in [0.15, 0.2) is 176 Å². The van der Waals surface area contributed by atoms with Gasteiger partial charge in [0.05, 0.1) is 0 Å². The highest BCUT2D eigenvalue weighted by atomic mass is 32.1. The molecule has 0 spiro atoms. The lowest BCUT2D eigenvalue weighted by Crippen LogP contribution is -2.00. The third-order valence-electron chi connectivity index (χ3n) is 10.5. The Morgan fingerprint density at radius 1 is 0.321 bits per heavy atom. The zero-order chi connectivity index (χ0) is 34.9. The van der Waals surface area contributed by atoms with Gasteiger partial charge < -0.3 is 0 Å². The normalized spacial score (nSPS) is 11.8. The van der Waals surface area contributed by atoms with Gasteiger partial charge in [0, 0.05) is 42.2 Å². The van der Waals surface area contributed by atoms with E-state index in [0.29, 0.717) is 17.5 Å². The van der Waals surface area contributed by atoms with Gasteiger partial charge in [0.15, 0.2) is 17.5 Å². The Bertz CT molecular complexity index is 3220. The molecule has 246 valence electrons. The lowest BCUT2D eigenvalue weighted by atomic mass is 9.94. The van der Waals surface area contributed by atoms with Crippen molar-refractivity contribution in [1.29, 1.82) is 0 Å². The van der Waals surface area contributed by atoms with Crippen molar-refractivity contribution < 1.29 is 0 Å². The number of benzene rings is 9. The van der Waals surface area contributed by atoms with E-state index in [9.17, 15) is 0 Å². The van der Waals surface area contributed by atoms with E-state index in [1.165, 1.54) is 68.8 Å². The second-order valence-corrected chi connectivity index (χ2v) is 14.6. The number of fused-ring (bicyclic) bond motifs is 10. The second-order valence-electron chi connectivity index (χ2n) is 13.6. The van der Waals surface area contributed by atoms with E-state index in [1.54, 1.807) is 0 Å². The van der Waals surface area contributed by atoms with Crippen LogP contribution in [0.2, 0.25) is 0 Å². The molecule has 0 saturated heterocycles. The van der Waals surface area contributed by atoms with E-state index >= 15 is 0 Å².